The lowest BCUT2D eigenvalue weighted by molar-refractivity contribution is -0.132. The molecule has 0 bridgehead atoms. The molecule has 1 amide bonds. The Morgan fingerprint density at radius 2 is 1.78 bits per heavy atom. The minimum atomic E-state index is -0.869. The van der Waals surface area contributed by atoms with E-state index >= 15 is 0 Å². The van der Waals surface area contributed by atoms with E-state index in [-0.39, 0.29) is 23.5 Å². The summed E-state index contributed by atoms with van der Waals surface area (Å²) in [6.07, 6.45) is 0.679. The van der Waals surface area contributed by atoms with E-state index in [1.807, 2.05) is 45.0 Å². The molecular weight excluding hydrogens is 470 g/mol. The number of rotatable bonds is 6. The first-order valence-electron chi connectivity index (χ1n) is 12.3. The topological polar surface area (TPSA) is 85.3 Å². The third kappa shape index (κ3) is 4.53. The fraction of sp³-hybridized carbons (Fsp3) is 0.267. The van der Waals surface area contributed by atoms with E-state index in [2.05, 4.69) is 0 Å². The Labute approximate surface area is 215 Å². The number of benzene rings is 3. The lowest BCUT2D eigenvalue weighted by Crippen LogP contribution is -2.29. The second kappa shape index (κ2) is 9.65. The van der Waals surface area contributed by atoms with E-state index in [0.717, 1.165) is 11.3 Å². The van der Waals surface area contributed by atoms with Crippen LogP contribution in [0, 0.1) is 0 Å². The molecule has 2 heterocycles. The van der Waals surface area contributed by atoms with Crippen LogP contribution < -0.4 is 19.1 Å². The summed E-state index contributed by atoms with van der Waals surface area (Å²) in [5.74, 6) is 0.191. The van der Waals surface area contributed by atoms with Crippen molar-refractivity contribution in [2.24, 2.45) is 0 Å². The average Bonchev–Trinajstić information content (AvgIpc) is 3.38. The van der Waals surface area contributed by atoms with Crippen molar-refractivity contribution in [1.82, 2.24) is 0 Å². The molecule has 5 rings (SSSR count). The predicted molar refractivity (Wildman–Crippen MR) is 140 cm³/mol. The van der Waals surface area contributed by atoms with Crippen LogP contribution in [0.4, 0.5) is 5.69 Å². The van der Waals surface area contributed by atoms with Crippen LogP contribution >= 0.6 is 0 Å². The van der Waals surface area contributed by atoms with Gasteiger partial charge in [-0.15, -0.1) is 0 Å². The van der Waals surface area contributed by atoms with Gasteiger partial charge in [0.05, 0.1) is 24.8 Å². The fourth-order valence-corrected chi connectivity index (χ4v) is 4.93. The van der Waals surface area contributed by atoms with E-state index in [0.29, 0.717) is 34.7 Å². The summed E-state index contributed by atoms with van der Waals surface area (Å²) in [4.78, 5) is 28.4. The van der Waals surface area contributed by atoms with Gasteiger partial charge in [-0.2, -0.15) is 0 Å². The molecule has 7 heteroatoms. The number of ether oxygens (including phenoxy) is 3. The number of aliphatic hydroxyl groups excluding tert-OH is 1. The van der Waals surface area contributed by atoms with Crippen molar-refractivity contribution in [3.05, 3.63) is 89.0 Å². The largest absolute Gasteiger partial charge is 0.507 e. The molecule has 3 aromatic carbocycles. The molecule has 0 aromatic heterocycles. The molecule has 2 aliphatic rings. The summed E-state index contributed by atoms with van der Waals surface area (Å²) in [6.45, 7) is 5.83. The van der Waals surface area contributed by atoms with Gasteiger partial charge in [0.2, 0.25) is 0 Å². The number of amides is 1. The van der Waals surface area contributed by atoms with Gasteiger partial charge >= 0.3 is 0 Å². The number of carbonyl (C=O) groups is 2. The lowest BCUT2D eigenvalue weighted by atomic mass is 9.94. The first-order valence-corrected chi connectivity index (χ1v) is 12.3. The van der Waals surface area contributed by atoms with Gasteiger partial charge in [-0.3, -0.25) is 14.5 Å². The summed E-state index contributed by atoms with van der Waals surface area (Å²) in [6, 6.07) is 18.7. The Kier molecular flexibility index (Phi) is 6.38. The van der Waals surface area contributed by atoms with Gasteiger partial charge in [-0.25, -0.2) is 0 Å². The predicted octanol–water partition coefficient (Wildman–Crippen LogP) is 5.43. The van der Waals surface area contributed by atoms with Crippen molar-refractivity contribution >= 4 is 23.1 Å². The standard InChI is InChI=1S/C30H29NO6/c1-17(2)36-24-10-5-7-19(15-24)27-26(28(32)20-11-12-25-21(14-20)13-18(3)37-25)29(33)30(34)31(27)22-8-6-9-23(16-22)35-4/h5-12,14-18,27,32H,13H2,1-4H3/b28-26-. The van der Waals surface area contributed by atoms with Gasteiger partial charge in [0.1, 0.15) is 29.1 Å². The second-order valence-electron chi connectivity index (χ2n) is 9.56. The van der Waals surface area contributed by atoms with Crippen LogP contribution in [0.2, 0.25) is 0 Å². The van der Waals surface area contributed by atoms with Crippen molar-refractivity contribution in [2.45, 2.75) is 45.4 Å². The highest BCUT2D eigenvalue weighted by molar-refractivity contribution is 6.51. The van der Waals surface area contributed by atoms with E-state index < -0.39 is 17.7 Å². The number of Topliss-reactive ketones (excluding diaryl/α,β-unsaturated/α-hetero) is 1. The highest BCUT2D eigenvalue weighted by Crippen LogP contribution is 2.44. The summed E-state index contributed by atoms with van der Waals surface area (Å²) in [5, 5.41) is 11.5. The van der Waals surface area contributed by atoms with Gasteiger partial charge in [0.15, 0.2) is 0 Å². The highest BCUT2D eigenvalue weighted by Gasteiger charge is 2.47. The Bertz CT molecular complexity index is 1410. The zero-order valence-corrected chi connectivity index (χ0v) is 21.2. The van der Waals surface area contributed by atoms with Gasteiger partial charge in [0, 0.05) is 23.7 Å². The summed E-state index contributed by atoms with van der Waals surface area (Å²) >= 11 is 0. The molecule has 0 saturated carbocycles. The van der Waals surface area contributed by atoms with Gasteiger partial charge in [-0.1, -0.05) is 18.2 Å². The Morgan fingerprint density at radius 3 is 2.54 bits per heavy atom. The first kappa shape index (κ1) is 24.4. The lowest BCUT2D eigenvalue weighted by Gasteiger charge is -2.26. The van der Waals surface area contributed by atoms with Crippen LogP contribution in [0.15, 0.2) is 72.3 Å². The second-order valence-corrected chi connectivity index (χ2v) is 9.56. The number of nitrogens with zero attached hydrogens (tertiary/aromatic N) is 1. The number of fused-ring (bicyclic) bond motifs is 1. The normalized spacial score (nSPS) is 20.2. The molecule has 2 atom stereocenters. The van der Waals surface area contributed by atoms with Crippen LogP contribution in [-0.4, -0.2) is 36.1 Å². The van der Waals surface area contributed by atoms with Crippen molar-refractivity contribution in [3.8, 4) is 17.2 Å². The van der Waals surface area contributed by atoms with Crippen LogP contribution in [-0.2, 0) is 16.0 Å². The van der Waals surface area contributed by atoms with Crippen molar-refractivity contribution in [2.75, 3.05) is 12.0 Å². The quantitative estimate of drug-likeness (QED) is 0.277. The third-order valence-corrected chi connectivity index (χ3v) is 6.49. The van der Waals surface area contributed by atoms with Gasteiger partial charge in [-0.05, 0) is 74.4 Å². The zero-order valence-electron chi connectivity index (χ0n) is 21.2. The van der Waals surface area contributed by atoms with Crippen LogP contribution in [0.1, 0.15) is 43.5 Å². The number of hydrogen-bond acceptors (Lipinski definition) is 6. The number of carbonyl (C=O) groups excluding carboxylic acids is 2. The first-order chi connectivity index (χ1) is 17.8. The van der Waals surface area contributed by atoms with Crippen LogP contribution in [0.3, 0.4) is 0 Å². The summed E-state index contributed by atoms with van der Waals surface area (Å²) < 4.78 is 17.0. The molecule has 190 valence electrons. The van der Waals surface area contributed by atoms with Crippen molar-refractivity contribution in [3.63, 3.8) is 0 Å². The highest BCUT2D eigenvalue weighted by atomic mass is 16.5. The third-order valence-electron chi connectivity index (χ3n) is 6.49. The summed E-state index contributed by atoms with van der Waals surface area (Å²) in [5.41, 5.74) is 2.54. The SMILES string of the molecule is COc1cccc(N2C(=O)C(=O)/C(=C(\O)c3ccc4c(c3)CC(C)O4)C2c2cccc(OC(C)C)c2)c1. The molecule has 7 nitrogen and oxygen atoms in total. The molecule has 1 N–H and O–H groups in total. The monoisotopic (exact) mass is 499 g/mol. The molecule has 2 aliphatic heterocycles. The van der Waals surface area contributed by atoms with E-state index in [1.54, 1.807) is 42.5 Å². The minimum absolute atomic E-state index is 0.0152. The minimum Gasteiger partial charge on any atom is -0.507 e. The van der Waals surface area contributed by atoms with Crippen molar-refractivity contribution < 1.29 is 28.9 Å². The summed E-state index contributed by atoms with van der Waals surface area (Å²) in [7, 11) is 1.54. The van der Waals surface area contributed by atoms with E-state index in [4.69, 9.17) is 14.2 Å². The van der Waals surface area contributed by atoms with E-state index in [1.165, 1.54) is 12.0 Å². The number of anilines is 1. The number of methoxy groups -OCH3 is 1. The molecule has 37 heavy (non-hydrogen) atoms. The molecule has 1 saturated heterocycles. The fourth-order valence-electron chi connectivity index (χ4n) is 4.93. The molecule has 0 aliphatic carbocycles. The molecule has 1 fully saturated rings. The van der Waals surface area contributed by atoms with Crippen molar-refractivity contribution in [1.29, 1.82) is 0 Å². The van der Waals surface area contributed by atoms with Gasteiger partial charge < -0.3 is 19.3 Å². The Hall–Kier alpha value is -4.26. The van der Waals surface area contributed by atoms with Crippen LogP contribution in [0.5, 0.6) is 17.2 Å². The number of hydrogen-bond donors (Lipinski definition) is 1. The number of ketones is 1. The Morgan fingerprint density at radius 1 is 1.03 bits per heavy atom. The van der Waals surface area contributed by atoms with Crippen LogP contribution in [0.25, 0.3) is 5.76 Å². The molecule has 0 radical (unpaired) electrons. The van der Waals surface area contributed by atoms with E-state index in [9.17, 15) is 14.7 Å². The van der Waals surface area contributed by atoms with Gasteiger partial charge in [0.25, 0.3) is 11.7 Å². The Balaban J connectivity index is 1.69. The average molecular weight is 500 g/mol. The smallest absolute Gasteiger partial charge is 0.300 e. The molecular formula is C30H29NO6. The maximum atomic E-state index is 13.5. The molecule has 3 aromatic rings. The zero-order chi connectivity index (χ0) is 26.3. The molecule has 2 unspecified atom stereocenters. The maximum Gasteiger partial charge on any atom is 0.300 e. The number of aliphatic hydroxyl groups is 1. The maximum absolute atomic E-state index is 13.5. The molecule has 0 spiro atoms.